The van der Waals surface area contributed by atoms with Crippen molar-refractivity contribution in [1.82, 2.24) is 10.3 Å². The van der Waals surface area contributed by atoms with Gasteiger partial charge in [0.25, 0.3) is 0 Å². The Bertz CT molecular complexity index is 409. The van der Waals surface area contributed by atoms with E-state index in [-0.39, 0.29) is 0 Å². The van der Waals surface area contributed by atoms with E-state index in [4.69, 9.17) is 4.42 Å². The van der Waals surface area contributed by atoms with Crippen LogP contribution in [0.5, 0.6) is 0 Å². The molecule has 1 heterocycles. The van der Waals surface area contributed by atoms with E-state index in [1.54, 1.807) is 6.20 Å². The molecule has 2 rings (SSSR count). The molecule has 0 saturated carbocycles. The standard InChI is InChI=1S/C12H14N2O/c1-13-7-6-10-4-2-3-5-11(10)12-8-14-9-15-12/h2-5,8-9,13H,6-7H2,1H3. The van der Waals surface area contributed by atoms with Crippen molar-refractivity contribution in [3.63, 3.8) is 0 Å². The molecular weight excluding hydrogens is 188 g/mol. The molecule has 15 heavy (non-hydrogen) atoms. The first-order valence-electron chi connectivity index (χ1n) is 5.03. The van der Waals surface area contributed by atoms with Crippen LogP contribution in [-0.2, 0) is 6.42 Å². The van der Waals surface area contributed by atoms with E-state index in [1.807, 2.05) is 19.2 Å². The summed E-state index contributed by atoms with van der Waals surface area (Å²) in [5, 5.41) is 3.14. The molecule has 0 unspecified atom stereocenters. The van der Waals surface area contributed by atoms with Crippen LogP contribution in [0, 0.1) is 0 Å². The molecular formula is C12H14N2O. The number of benzene rings is 1. The maximum atomic E-state index is 5.31. The van der Waals surface area contributed by atoms with Gasteiger partial charge in [-0.05, 0) is 25.6 Å². The van der Waals surface area contributed by atoms with Crippen molar-refractivity contribution in [1.29, 1.82) is 0 Å². The average molecular weight is 202 g/mol. The highest BCUT2D eigenvalue weighted by Crippen LogP contribution is 2.23. The van der Waals surface area contributed by atoms with E-state index in [9.17, 15) is 0 Å². The van der Waals surface area contributed by atoms with Gasteiger partial charge in [-0.3, -0.25) is 0 Å². The molecule has 78 valence electrons. The molecule has 1 aromatic carbocycles. The minimum absolute atomic E-state index is 0.835. The van der Waals surface area contributed by atoms with Crippen LogP contribution < -0.4 is 5.32 Å². The van der Waals surface area contributed by atoms with Crippen LogP contribution >= 0.6 is 0 Å². The van der Waals surface area contributed by atoms with Crippen molar-refractivity contribution in [2.45, 2.75) is 6.42 Å². The molecule has 0 aliphatic heterocycles. The highest BCUT2D eigenvalue weighted by Gasteiger charge is 2.06. The van der Waals surface area contributed by atoms with Gasteiger partial charge in [0, 0.05) is 5.56 Å². The molecule has 0 aliphatic carbocycles. The Hall–Kier alpha value is -1.61. The zero-order valence-corrected chi connectivity index (χ0v) is 8.73. The Labute approximate surface area is 89.1 Å². The van der Waals surface area contributed by atoms with Gasteiger partial charge in [0.2, 0.25) is 0 Å². The second kappa shape index (κ2) is 4.75. The third kappa shape index (κ3) is 2.25. The first-order valence-corrected chi connectivity index (χ1v) is 5.03. The number of nitrogens with one attached hydrogen (secondary N) is 1. The quantitative estimate of drug-likeness (QED) is 0.825. The highest BCUT2D eigenvalue weighted by molar-refractivity contribution is 5.61. The number of rotatable bonds is 4. The first kappa shape index (κ1) is 9.93. The summed E-state index contributed by atoms with van der Waals surface area (Å²) in [6.45, 7) is 0.963. The Morgan fingerprint density at radius 2 is 2.20 bits per heavy atom. The smallest absolute Gasteiger partial charge is 0.181 e. The summed E-state index contributed by atoms with van der Waals surface area (Å²) in [5.74, 6) is 0.835. The van der Waals surface area contributed by atoms with E-state index >= 15 is 0 Å². The third-order valence-electron chi connectivity index (χ3n) is 2.36. The van der Waals surface area contributed by atoms with E-state index in [1.165, 1.54) is 12.0 Å². The maximum Gasteiger partial charge on any atom is 0.181 e. The lowest BCUT2D eigenvalue weighted by molar-refractivity contribution is 0.571. The van der Waals surface area contributed by atoms with Gasteiger partial charge >= 0.3 is 0 Å². The van der Waals surface area contributed by atoms with Crippen LogP contribution in [0.3, 0.4) is 0 Å². The van der Waals surface area contributed by atoms with E-state index < -0.39 is 0 Å². The number of nitrogens with zero attached hydrogens (tertiary/aromatic N) is 1. The first-order chi connectivity index (χ1) is 7.42. The number of likely N-dealkylation sites (N-methyl/N-ethyl adjacent to an activating group) is 1. The van der Waals surface area contributed by atoms with E-state index in [0.717, 1.165) is 24.3 Å². The van der Waals surface area contributed by atoms with Gasteiger partial charge in [0.15, 0.2) is 12.2 Å². The lowest BCUT2D eigenvalue weighted by Gasteiger charge is -2.05. The fraction of sp³-hybridized carbons (Fsp3) is 0.250. The molecule has 0 radical (unpaired) electrons. The number of hydrogen-bond donors (Lipinski definition) is 1. The molecule has 3 heteroatoms. The summed E-state index contributed by atoms with van der Waals surface area (Å²) >= 11 is 0. The van der Waals surface area contributed by atoms with Gasteiger partial charge in [-0.25, -0.2) is 4.98 Å². The summed E-state index contributed by atoms with van der Waals surface area (Å²) < 4.78 is 5.31. The number of aromatic nitrogens is 1. The Balaban J connectivity index is 2.30. The monoisotopic (exact) mass is 202 g/mol. The van der Waals surface area contributed by atoms with Crippen LogP contribution in [0.2, 0.25) is 0 Å². The van der Waals surface area contributed by atoms with Gasteiger partial charge in [0.1, 0.15) is 0 Å². The summed E-state index contributed by atoms with van der Waals surface area (Å²) in [6, 6.07) is 8.24. The summed E-state index contributed by atoms with van der Waals surface area (Å²) in [5.41, 5.74) is 2.41. The molecule has 0 aliphatic rings. The summed E-state index contributed by atoms with van der Waals surface area (Å²) in [4.78, 5) is 3.94. The zero-order chi connectivity index (χ0) is 10.5. The fourth-order valence-electron chi connectivity index (χ4n) is 1.59. The molecule has 1 aromatic heterocycles. The maximum absolute atomic E-state index is 5.31. The third-order valence-corrected chi connectivity index (χ3v) is 2.36. The molecule has 2 aromatic rings. The van der Waals surface area contributed by atoms with E-state index in [0.29, 0.717) is 0 Å². The van der Waals surface area contributed by atoms with Crippen molar-refractivity contribution in [2.75, 3.05) is 13.6 Å². The second-order valence-electron chi connectivity index (χ2n) is 3.38. The Morgan fingerprint density at radius 3 is 2.93 bits per heavy atom. The fourth-order valence-corrected chi connectivity index (χ4v) is 1.59. The molecule has 3 nitrogen and oxygen atoms in total. The second-order valence-corrected chi connectivity index (χ2v) is 3.38. The minimum Gasteiger partial charge on any atom is -0.444 e. The van der Waals surface area contributed by atoms with Crippen molar-refractivity contribution in [3.8, 4) is 11.3 Å². The van der Waals surface area contributed by atoms with Crippen LogP contribution in [0.15, 0.2) is 41.3 Å². The van der Waals surface area contributed by atoms with Gasteiger partial charge < -0.3 is 9.73 Å². The molecule has 0 atom stereocenters. The molecule has 0 fully saturated rings. The van der Waals surface area contributed by atoms with Gasteiger partial charge in [-0.2, -0.15) is 0 Å². The largest absolute Gasteiger partial charge is 0.444 e. The predicted octanol–water partition coefficient (Wildman–Crippen LogP) is 2.10. The molecule has 0 bridgehead atoms. The molecule has 0 saturated heterocycles. The number of oxazole rings is 1. The normalized spacial score (nSPS) is 10.5. The van der Waals surface area contributed by atoms with Crippen molar-refractivity contribution < 1.29 is 4.42 Å². The van der Waals surface area contributed by atoms with Crippen molar-refractivity contribution in [3.05, 3.63) is 42.4 Å². The average Bonchev–Trinajstić information content (AvgIpc) is 2.80. The van der Waals surface area contributed by atoms with Crippen LogP contribution in [0.4, 0.5) is 0 Å². The van der Waals surface area contributed by atoms with Crippen LogP contribution in [0.1, 0.15) is 5.56 Å². The van der Waals surface area contributed by atoms with E-state index in [2.05, 4.69) is 22.4 Å². The summed E-state index contributed by atoms with van der Waals surface area (Å²) in [7, 11) is 1.96. The van der Waals surface area contributed by atoms with Crippen molar-refractivity contribution >= 4 is 0 Å². The molecule has 1 N–H and O–H groups in total. The van der Waals surface area contributed by atoms with Crippen molar-refractivity contribution in [2.24, 2.45) is 0 Å². The number of hydrogen-bond acceptors (Lipinski definition) is 3. The highest BCUT2D eigenvalue weighted by atomic mass is 16.3. The van der Waals surface area contributed by atoms with Crippen LogP contribution in [0.25, 0.3) is 11.3 Å². The van der Waals surface area contributed by atoms with Crippen LogP contribution in [-0.4, -0.2) is 18.6 Å². The van der Waals surface area contributed by atoms with Gasteiger partial charge in [-0.15, -0.1) is 0 Å². The Morgan fingerprint density at radius 1 is 1.33 bits per heavy atom. The SMILES string of the molecule is CNCCc1ccccc1-c1cnco1. The topological polar surface area (TPSA) is 38.1 Å². The van der Waals surface area contributed by atoms with Gasteiger partial charge in [0.05, 0.1) is 6.20 Å². The molecule has 0 spiro atoms. The minimum atomic E-state index is 0.835. The summed E-state index contributed by atoms with van der Waals surface area (Å²) in [6.07, 6.45) is 4.20. The lowest BCUT2D eigenvalue weighted by atomic mass is 10.0. The molecule has 0 amide bonds. The zero-order valence-electron chi connectivity index (χ0n) is 8.73. The van der Waals surface area contributed by atoms with Gasteiger partial charge in [-0.1, -0.05) is 24.3 Å². The Kier molecular flexibility index (Phi) is 3.15. The predicted molar refractivity (Wildman–Crippen MR) is 59.6 cm³/mol. The lowest BCUT2D eigenvalue weighted by Crippen LogP contribution is -2.10.